The minimum absolute atomic E-state index is 0.0127. The van der Waals surface area contributed by atoms with Crippen LogP contribution in [0.3, 0.4) is 0 Å². The number of carbonyl (C=O) groups excluding carboxylic acids is 1. The van der Waals surface area contributed by atoms with Gasteiger partial charge in [-0.1, -0.05) is 32.0 Å². The summed E-state index contributed by atoms with van der Waals surface area (Å²) >= 11 is 0. The monoisotopic (exact) mass is 354 g/mol. The molecule has 138 valence electrons. The lowest BCUT2D eigenvalue weighted by Gasteiger charge is -2.17. The van der Waals surface area contributed by atoms with Gasteiger partial charge in [-0.15, -0.1) is 0 Å². The van der Waals surface area contributed by atoms with Gasteiger partial charge in [-0.25, -0.2) is 4.98 Å². The Morgan fingerprint density at radius 3 is 2.69 bits per heavy atom. The SMILES string of the molecule is Cc1cccc(OC2CCN(C(=O)COc3ccc(C(C)C)cc3)C2)n1. The molecule has 1 aromatic heterocycles. The summed E-state index contributed by atoms with van der Waals surface area (Å²) in [5, 5.41) is 0. The molecular weight excluding hydrogens is 328 g/mol. The van der Waals surface area contributed by atoms with Crippen molar-refractivity contribution in [3.05, 3.63) is 53.7 Å². The maximum absolute atomic E-state index is 12.4. The van der Waals surface area contributed by atoms with Crippen LogP contribution in [0.1, 0.15) is 37.4 Å². The number of hydrogen-bond acceptors (Lipinski definition) is 4. The number of ether oxygens (including phenoxy) is 2. The van der Waals surface area contributed by atoms with Crippen LogP contribution >= 0.6 is 0 Å². The number of rotatable bonds is 6. The highest BCUT2D eigenvalue weighted by molar-refractivity contribution is 5.78. The van der Waals surface area contributed by atoms with E-state index in [0.29, 0.717) is 24.9 Å². The fourth-order valence-electron chi connectivity index (χ4n) is 2.99. The molecule has 5 heteroatoms. The average Bonchev–Trinajstić information content (AvgIpc) is 3.08. The lowest BCUT2D eigenvalue weighted by molar-refractivity contribution is -0.132. The van der Waals surface area contributed by atoms with Crippen LogP contribution < -0.4 is 9.47 Å². The maximum atomic E-state index is 12.4. The second kappa shape index (κ2) is 8.21. The minimum atomic E-state index is -0.0152. The molecule has 1 fully saturated rings. The van der Waals surface area contributed by atoms with E-state index in [4.69, 9.17) is 9.47 Å². The van der Waals surface area contributed by atoms with Gasteiger partial charge in [-0.2, -0.15) is 0 Å². The third-order valence-corrected chi connectivity index (χ3v) is 4.56. The zero-order valence-corrected chi connectivity index (χ0v) is 15.6. The quantitative estimate of drug-likeness (QED) is 0.796. The zero-order valence-electron chi connectivity index (χ0n) is 15.6. The Hall–Kier alpha value is -2.56. The summed E-state index contributed by atoms with van der Waals surface area (Å²) < 4.78 is 11.5. The van der Waals surface area contributed by atoms with Gasteiger partial charge in [0.05, 0.1) is 6.54 Å². The molecule has 5 nitrogen and oxygen atoms in total. The van der Waals surface area contributed by atoms with Gasteiger partial charge in [0.1, 0.15) is 11.9 Å². The van der Waals surface area contributed by atoms with E-state index in [9.17, 15) is 4.79 Å². The van der Waals surface area contributed by atoms with E-state index in [1.54, 1.807) is 4.90 Å². The highest BCUT2D eigenvalue weighted by Gasteiger charge is 2.28. The van der Waals surface area contributed by atoms with E-state index in [1.807, 2.05) is 49.4 Å². The van der Waals surface area contributed by atoms with Crippen molar-refractivity contribution in [3.63, 3.8) is 0 Å². The van der Waals surface area contributed by atoms with Gasteiger partial charge >= 0.3 is 0 Å². The van der Waals surface area contributed by atoms with Crippen LogP contribution in [0.5, 0.6) is 11.6 Å². The minimum Gasteiger partial charge on any atom is -0.484 e. The molecule has 1 aromatic carbocycles. The lowest BCUT2D eigenvalue weighted by atomic mass is 10.0. The van der Waals surface area contributed by atoms with Crippen molar-refractivity contribution < 1.29 is 14.3 Å². The first-order chi connectivity index (χ1) is 12.5. The van der Waals surface area contributed by atoms with Crippen LogP contribution in [-0.2, 0) is 4.79 Å². The predicted molar refractivity (Wildman–Crippen MR) is 101 cm³/mol. The summed E-state index contributed by atoms with van der Waals surface area (Å²) in [6.45, 7) is 7.54. The summed E-state index contributed by atoms with van der Waals surface area (Å²) in [6, 6.07) is 13.6. The van der Waals surface area contributed by atoms with E-state index in [-0.39, 0.29) is 18.6 Å². The first kappa shape index (κ1) is 18.2. The number of aromatic nitrogens is 1. The molecule has 0 N–H and O–H groups in total. The van der Waals surface area contributed by atoms with Crippen LogP contribution in [0.4, 0.5) is 0 Å². The van der Waals surface area contributed by atoms with Crippen LogP contribution in [0.2, 0.25) is 0 Å². The molecule has 0 radical (unpaired) electrons. The Morgan fingerprint density at radius 2 is 2.00 bits per heavy atom. The summed E-state index contributed by atoms with van der Waals surface area (Å²) in [5.74, 6) is 1.81. The third-order valence-electron chi connectivity index (χ3n) is 4.56. The van der Waals surface area contributed by atoms with E-state index in [0.717, 1.165) is 17.9 Å². The highest BCUT2D eigenvalue weighted by atomic mass is 16.5. The summed E-state index contributed by atoms with van der Waals surface area (Å²) in [4.78, 5) is 18.5. The largest absolute Gasteiger partial charge is 0.484 e. The molecule has 2 aromatic rings. The van der Waals surface area contributed by atoms with Crippen LogP contribution in [0.15, 0.2) is 42.5 Å². The summed E-state index contributed by atoms with van der Waals surface area (Å²) in [7, 11) is 0. The first-order valence-corrected chi connectivity index (χ1v) is 9.12. The zero-order chi connectivity index (χ0) is 18.5. The standard InChI is InChI=1S/C21H26N2O3/c1-15(2)17-7-9-18(10-8-17)25-14-21(24)23-12-11-19(13-23)26-20-6-4-5-16(3)22-20/h4-10,15,19H,11-14H2,1-3H3. The lowest BCUT2D eigenvalue weighted by Crippen LogP contribution is -2.34. The molecule has 3 rings (SSSR count). The molecule has 1 amide bonds. The van der Waals surface area contributed by atoms with Crippen LogP contribution in [-0.4, -0.2) is 41.6 Å². The van der Waals surface area contributed by atoms with Crippen molar-refractivity contribution in [1.29, 1.82) is 0 Å². The van der Waals surface area contributed by atoms with E-state index in [2.05, 4.69) is 18.8 Å². The Balaban J connectivity index is 1.47. The molecule has 1 aliphatic rings. The number of nitrogens with zero attached hydrogens (tertiary/aromatic N) is 2. The van der Waals surface area contributed by atoms with Crippen molar-refractivity contribution >= 4 is 5.91 Å². The van der Waals surface area contributed by atoms with Crippen molar-refractivity contribution in [3.8, 4) is 11.6 Å². The Morgan fingerprint density at radius 1 is 1.23 bits per heavy atom. The van der Waals surface area contributed by atoms with Gasteiger partial charge in [0.15, 0.2) is 6.61 Å². The molecule has 1 atom stereocenters. The number of pyridine rings is 1. The van der Waals surface area contributed by atoms with Gasteiger partial charge in [0.2, 0.25) is 5.88 Å². The molecule has 0 saturated carbocycles. The van der Waals surface area contributed by atoms with Crippen LogP contribution in [0, 0.1) is 6.92 Å². The van der Waals surface area contributed by atoms with Crippen molar-refractivity contribution in [1.82, 2.24) is 9.88 Å². The Bertz CT molecular complexity index is 743. The Kier molecular flexibility index (Phi) is 5.76. The number of aryl methyl sites for hydroxylation is 1. The second-order valence-corrected chi connectivity index (χ2v) is 7.00. The van der Waals surface area contributed by atoms with E-state index in [1.165, 1.54) is 5.56 Å². The number of hydrogen-bond donors (Lipinski definition) is 0. The summed E-state index contributed by atoms with van der Waals surface area (Å²) in [6.07, 6.45) is 0.795. The molecule has 2 heterocycles. The average molecular weight is 354 g/mol. The second-order valence-electron chi connectivity index (χ2n) is 7.00. The Labute approximate surface area is 155 Å². The molecule has 1 saturated heterocycles. The molecular formula is C21H26N2O3. The van der Waals surface area contributed by atoms with Crippen molar-refractivity contribution in [2.24, 2.45) is 0 Å². The fourth-order valence-corrected chi connectivity index (χ4v) is 2.99. The number of carbonyl (C=O) groups is 1. The van der Waals surface area contributed by atoms with E-state index < -0.39 is 0 Å². The number of amides is 1. The van der Waals surface area contributed by atoms with Gasteiger partial charge in [0, 0.05) is 24.7 Å². The number of likely N-dealkylation sites (tertiary alicyclic amines) is 1. The van der Waals surface area contributed by atoms with Gasteiger partial charge < -0.3 is 14.4 Å². The van der Waals surface area contributed by atoms with Gasteiger partial charge in [-0.05, 0) is 36.6 Å². The van der Waals surface area contributed by atoms with Gasteiger partial charge in [-0.3, -0.25) is 4.79 Å². The van der Waals surface area contributed by atoms with Crippen molar-refractivity contribution in [2.75, 3.05) is 19.7 Å². The maximum Gasteiger partial charge on any atom is 0.260 e. The summed E-state index contributed by atoms with van der Waals surface area (Å²) in [5.41, 5.74) is 2.18. The molecule has 0 spiro atoms. The third kappa shape index (κ3) is 4.75. The molecule has 1 unspecified atom stereocenters. The molecule has 26 heavy (non-hydrogen) atoms. The number of benzene rings is 1. The van der Waals surface area contributed by atoms with Crippen LogP contribution in [0.25, 0.3) is 0 Å². The molecule has 0 aliphatic carbocycles. The first-order valence-electron chi connectivity index (χ1n) is 9.12. The molecule has 1 aliphatic heterocycles. The normalized spacial score (nSPS) is 16.8. The topological polar surface area (TPSA) is 51.7 Å². The smallest absolute Gasteiger partial charge is 0.260 e. The highest BCUT2D eigenvalue weighted by Crippen LogP contribution is 2.20. The fraction of sp³-hybridized carbons (Fsp3) is 0.429. The molecule has 0 bridgehead atoms. The van der Waals surface area contributed by atoms with Crippen molar-refractivity contribution in [2.45, 2.75) is 39.2 Å². The van der Waals surface area contributed by atoms with E-state index >= 15 is 0 Å². The predicted octanol–water partition coefficient (Wildman–Crippen LogP) is 3.57. The van der Waals surface area contributed by atoms with Gasteiger partial charge in [0.25, 0.3) is 5.91 Å².